The van der Waals surface area contributed by atoms with Crippen molar-refractivity contribution in [2.45, 2.75) is 47.2 Å². The van der Waals surface area contributed by atoms with Crippen LogP contribution in [0.1, 0.15) is 50.9 Å². The maximum Gasteiger partial charge on any atom is 0.192 e. The van der Waals surface area contributed by atoms with E-state index >= 15 is 0 Å². The van der Waals surface area contributed by atoms with Gasteiger partial charge in [-0.3, -0.25) is 0 Å². The van der Waals surface area contributed by atoms with Crippen molar-refractivity contribution in [2.24, 2.45) is 18.0 Å². The molecule has 0 aliphatic rings. The van der Waals surface area contributed by atoms with Gasteiger partial charge in [-0.25, -0.2) is 4.99 Å². The van der Waals surface area contributed by atoms with Crippen LogP contribution in [0.3, 0.4) is 0 Å². The van der Waals surface area contributed by atoms with E-state index in [4.69, 9.17) is 4.74 Å². The molecule has 0 saturated heterocycles. The lowest BCUT2D eigenvalue weighted by molar-refractivity contribution is 0.271. The van der Waals surface area contributed by atoms with Gasteiger partial charge in [0.2, 0.25) is 0 Å². The molecule has 7 nitrogen and oxygen atoms in total. The SMILES string of the molecule is CCNC(=NCc1nnc(C)n1C)NC(C)c1ccc(OCC(C)C)cc1.I. The molecular weight excluding hydrogens is 467 g/mol. The highest BCUT2D eigenvalue weighted by molar-refractivity contribution is 14.0. The Kier molecular flexibility index (Phi) is 10.3. The van der Waals surface area contributed by atoms with Crippen molar-refractivity contribution in [1.29, 1.82) is 0 Å². The summed E-state index contributed by atoms with van der Waals surface area (Å²) < 4.78 is 7.70. The Morgan fingerprint density at radius 1 is 1.18 bits per heavy atom. The zero-order valence-electron chi connectivity index (χ0n) is 17.7. The second-order valence-electron chi connectivity index (χ2n) is 7.06. The molecule has 0 fully saturated rings. The number of aromatic nitrogens is 3. The van der Waals surface area contributed by atoms with Crippen LogP contribution in [0.5, 0.6) is 5.75 Å². The summed E-state index contributed by atoms with van der Waals surface area (Å²) >= 11 is 0. The number of rotatable bonds is 8. The average Bonchev–Trinajstić information content (AvgIpc) is 2.97. The fraction of sp³-hybridized carbons (Fsp3) is 0.550. The molecule has 1 unspecified atom stereocenters. The molecule has 1 aromatic heterocycles. The fourth-order valence-corrected chi connectivity index (χ4v) is 2.46. The Morgan fingerprint density at radius 2 is 1.86 bits per heavy atom. The first-order valence-electron chi connectivity index (χ1n) is 9.53. The minimum atomic E-state index is 0. The van der Waals surface area contributed by atoms with Crippen LogP contribution >= 0.6 is 24.0 Å². The molecular formula is C20H33IN6O. The molecule has 2 N–H and O–H groups in total. The lowest BCUT2D eigenvalue weighted by atomic mass is 10.1. The van der Waals surface area contributed by atoms with Crippen molar-refractivity contribution in [3.8, 4) is 5.75 Å². The summed E-state index contributed by atoms with van der Waals surface area (Å²) in [7, 11) is 1.95. The van der Waals surface area contributed by atoms with E-state index in [1.165, 1.54) is 5.56 Å². The zero-order chi connectivity index (χ0) is 19.8. The molecule has 0 saturated carbocycles. The quantitative estimate of drug-likeness (QED) is 0.329. The number of hydrogen-bond donors (Lipinski definition) is 2. The van der Waals surface area contributed by atoms with Crippen LogP contribution < -0.4 is 15.4 Å². The van der Waals surface area contributed by atoms with Gasteiger partial charge in [0.25, 0.3) is 0 Å². The summed E-state index contributed by atoms with van der Waals surface area (Å²) in [4.78, 5) is 4.64. The molecule has 1 atom stereocenters. The third kappa shape index (κ3) is 7.29. The van der Waals surface area contributed by atoms with Gasteiger partial charge in [0, 0.05) is 13.6 Å². The number of hydrogen-bond acceptors (Lipinski definition) is 4. The van der Waals surface area contributed by atoms with Gasteiger partial charge in [-0.1, -0.05) is 26.0 Å². The standard InChI is InChI=1S/C20H32N6O.HI/c1-7-21-20(22-12-19-25-24-16(5)26(19)6)23-15(4)17-8-10-18(11-9-17)27-13-14(2)3;/h8-11,14-15H,7,12-13H2,1-6H3,(H2,21,22,23);1H. The van der Waals surface area contributed by atoms with Crippen LogP contribution in [-0.4, -0.2) is 33.9 Å². The molecule has 0 aliphatic heterocycles. The first-order chi connectivity index (χ1) is 12.9. The van der Waals surface area contributed by atoms with Crippen LogP contribution in [0.4, 0.5) is 0 Å². The van der Waals surface area contributed by atoms with Crippen LogP contribution in [0.25, 0.3) is 0 Å². The highest BCUT2D eigenvalue weighted by Crippen LogP contribution is 2.18. The Bertz CT molecular complexity index is 742. The number of aryl methyl sites for hydroxylation is 1. The first kappa shape index (κ1) is 24.2. The maximum absolute atomic E-state index is 5.75. The van der Waals surface area contributed by atoms with E-state index in [0.717, 1.165) is 36.5 Å². The van der Waals surface area contributed by atoms with Crippen molar-refractivity contribution >= 4 is 29.9 Å². The molecule has 2 aromatic rings. The largest absolute Gasteiger partial charge is 0.493 e. The lowest BCUT2D eigenvalue weighted by Gasteiger charge is -2.18. The molecule has 1 heterocycles. The Balaban J connectivity index is 0.00000392. The monoisotopic (exact) mass is 500 g/mol. The molecule has 1 aromatic carbocycles. The summed E-state index contributed by atoms with van der Waals surface area (Å²) in [6, 6.07) is 8.32. The van der Waals surface area contributed by atoms with Crippen LogP contribution in [-0.2, 0) is 13.6 Å². The number of halogens is 1. The van der Waals surface area contributed by atoms with Gasteiger partial charge in [-0.2, -0.15) is 0 Å². The molecule has 0 amide bonds. The van der Waals surface area contributed by atoms with E-state index in [0.29, 0.717) is 12.5 Å². The number of nitrogens with zero attached hydrogens (tertiary/aromatic N) is 4. The van der Waals surface area contributed by atoms with E-state index in [2.05, 4.69) is 65.7 Å². The predicted octanol–water partition coefficient (Wildman–Crippen LogP) is 3.59. The van der Waals surface area contributed by atoms with Gasteiger partial charge in [-0.05, 0) is 44.4 Å². The third-order valence-electron chi connectivity index (χ3n) is 4.22. The van der Waals surface area contributed by atoms with Gasteiger partial charge in [0.05, 0.1) is 12.6 Å². The van der Waals surface area contributed by atoms with Crippen molar-refractivity contribution in [2.75, 3.05) is 13.2 Å². The normalized spacial score (nSPS) is 12.5. The summed E-state index contributed by atoms with van der Waals surface area (Å²) in [5, 5.41) is 15.0. The Morgan fingerprint density at radius 3 is 2.39 bits per heavy atom. The molecule has 28 heavy (non-hydrogen) atoms. The van der Waals surface area contributed by atoms with Crippen molar-refractivity contribution < 1.29 is 4.74 Å². The topological polar surface area (TPSA) is 76.4 Å². The molecule has 0 bridgehead atoms. The first-order valence-corrected chi connectivity index (χ1v) is 9.53. The van der Waals surface area contributed by atoms with Crippen molar-refractivity contribution in [3.05, 3.63) is 41.5 Å². The predicted molar refractivity (Wildman–Crippen MR) is 124 cm³/mol. The zero-order valence-corrected chi connectivity index (χ0v) is 20.0. The van der Waals surface area contributed by atoms with Crippen molar-refractivity contribution in [1.82, 2.24) is 25.4 Å². The van der Waals surface area contributed by atoms with Crippen LogP contribution in [0.15, 0.2) is 29.3 Å². The minimum Gasteiger partial charge on any atom is -0.493 e. The number of aliphatic imine (C=N–C) groups is 1. The smallest absolute Gasteiger partial charge is 0.192 e. The summed E-state index contributed by atoms with van der Waals surface area (Å²) in [6.07, 6.45) is 0. The van der Waals surface area contributed by atoms with Gasteiger partial charge in [0.1, 0.15) is 18.1 Å². The number of ether oxygens (including phenoxy) is 1. The molecule has 0 radical (unpaired) electrons. The van der Waals surface area contributed by atoms with Gasteiger partial charge in [0.15, 0.2) is 11.8 Å². The van der Waals surface area contributed by atoms with Gasteiger partial charge >= 0.3 is 0 Å². The van der Waals surface area contributed by atoms with E-state index in [1.807, 2.05) is 30.7 Å². The number of guanidine groups is 1. The van der Waals surface area contributed by atoms with Gasteiger partial charge in [-0.15, -0.1) is 34.2 Å². The maximum atomic E-state index is 5.75. The highest BCUT2D eigenvalue weighted by atomic mass is 127. The number of nitrogens with one attached hydrogen (secondary N) is 2. The second kappa shape index (κ2) is 11.9. The van der Waals surface area contributed by atoms with Gasteiger partial charge < -0.3 is 19.9 Å². The molecule has 0 spiro atoms. The van der Waals surface area contributed by atoms with Crippen LogP contribution in [0, 0.1) is 12.8 Å². The van der Waals surface area contributed by atoms with Crippen LogP contribution in [0.2, 0.25) is 0 Å². The average molecular weight is 500 g/mol. The minimum absolute atomic E-state index is 0. The third-order valence-corrected chi connectivity index (χ3v) is 4.22. The van der Waals surface area contributed by atoms with E-state index in [1.54, 1.807) is 0 Å². The van der Waals surface area contributed by atoms with Crippen molar-refractivity contribution in [3.63, 3.8) is 0 Å². The molecule has 156 valence electrons. The fourth-order valence-electron chi connectivity index (χ4n) is 2.46. The summed E-state index contributed by atoms with van der Waals surface area (Å²) in [5.74, 6) is 3.89. The summed E-state index contributed by atoms with van der Waals surface area (Å²) in [6.45, 7) is 12.4. The molecule has 8 heteroatoms. The molecule has 2 rings (SSSR count). The molecule has 0 aliphatic carbocycles. The highest BCUT2D eigenvalue weighted by Gasteiger charge is 2.10. The lowest BCUT2D eigenvalue weighted by Crippen LogP contribution is -2.38. The van der Waals surface area contributed by atoms with E-state index in [9.17, 15) is 0 Å². The summed E-state index contributed by atoms with van der Waals surface area (Å²) in [5.41, 5.74) is 1.17. The number of benzene rings is 1. The van der Waals surface area contributed by atoms with E-state index < -0.39 is 0 Å². The Hall–Kier alpha value is -1.84. The second-order valence-corrected chi connectivity index (χ2v) is 7.06. The van der Waals surface area contributed by atoms with E-state index in [-0.39, 0.29) is 30.0 Å². The Labute approximate surface area is 185 Å².